The van der Waals surface area contributed by atoms with Crippen molar-refractivity contribution < 1.29 is 28.7 Å². The van der Waals surface area contributed by atoms with Crippen LogP contribution in [0.5, 0.6) is 0 Å². The lowest BCUT2D eigenvalue weighted by Crippen LogP contribution is -2.38. The average molecular weight is 772 g/mol. The van der Waals surface area contributed by atoms with Crippen LogP contribution in [0.3, 0.4) is 0 Å². The van der Waals surface area contributed by atoms with E-state index in [0.29, 0.717) is 0 Å². The highest BCUT2D eigenvalue weighted by Crippen LogP contribution is 2.26. The van der Waals surface area contributed by atoms with E-state index in [-0.39, 0.29) is 24.9 Å². The number of imidazole rings is 2. The Hall–Kier alpha value is -5.99. The van der Waals surface area contributed by atoms with Gasteiger partial charge in [-0.05, 0) is 55.0 Å². The summed E-state index contributed by atoms with van der Waals surface area (Å²) in [6.07, 6.45) is 10.8. The predicted molar refractivity (Wildman–Crippen MR) is 219 cm³/mol. The molecular weight excluding hydrogens is 715 g/mol. The molecule has 7 rings (SSSR count). The fourth-order valence-corrected chi connectivity index (χ4v) is 5.54. The summed E-state index contributed by atoms with van der Waals surface area (Å²) >= 11 is 0. The van der Waals surface area contributed by atoms with Crippen molar-refractivity contribution in [3.63, 3.8) is 0 Å². The number of alkyl carbamates (subject to hydrolysis) is 2. The van der Waals surface area contributed by atoms with E-state index in [1.165, 1.54) is 27.1 Å². The van der Waals surface area contributed by atoms with Gasteiger partial charge in [0.1, 0.15) is 13.1 Å². The summed E-state index contributed by atoms with van der Waals surface area (Å²) in [4.78, 5) is 66.6. The number of benzene rings is 2. The molecule has 302 valence electrons. The molecule has 15 heteroatoms. The molecule has 0 bridgehead atoms. The highest BCUT2D eigenvalue weighted by molar-refractivity contribution is 5.84. The Morgan fingerprint density at radius 3 is 1.55 bits per heavy atom. The predicted octanol–water partition coefficient (Wildman–Crippen LogP) is 6.93. The van der Waals surface area contributed by atoms with Gasteiger partial charge in [0.2, 0.25) is 11.8 Å². The van der Waals surface area contributed by atoms with Gasteiger partial charge in [0.15, 0.2) is 0 Å². The second-order valence-corrected chi connectivity index (χ2v) is 13.0. The van der Waals surface area contributed by atoms with Crippen LogP contribution in [0.15, 0.2) is 67.4 Å². The van der Waals surface area contributed by atoms with Gasteiger partial charge in [0.25, 0.3) is 0 Å². The van der Waals surface area contributed by atoms with Crippen LogP contribution in [-0.2, 0) is 19.1 Å². The normalized spacial score (nSPS) is 12.8. The van der Waals surface area contributed by atoms with Gasteiger partial charge < -0.3 is 39.9 Å². The first kappa shape index (κ1) is 44.4. The number of rotatable bonds is 6. The van der Waals surface area contributed by atoms with Crippen LogP contribution in [0.25, 0.3) is 44.5 Å². The lowest BCUT2D eigenvalue weighted by Gasteiger charge is -2.14. The topological polar surface area (TPSA) is 188 Å². The van der Waals surface area contributed by atoms with Crippen LogP contribution >= 0.6 is 0 Å². The summed E-state index contributed by atoms with van der Waals surface area (Å²) in [7, 11) is 2.55. The Kier molecular flexibility index (Phi) is 19.4. The number of pyridine rings is 1. The van der Waals surface area contributed by atoms with E-state index in [4.69, 9.17) is 0 Å². The summed E-state index contributed by atoms with van der Waals surface area (Å²) in [5.74, 6) is -0.0780. The second-order valence-electron chi connectivity index (χ2n) is 13.0. The maximum atomic E-state index is 11.3. The first-order valence-corrected chi connectivity index (χ1v) is 19.2. The number of fused-ring (bicyclic) bond motifs is 2. The fraction of sp³-hybridized carbons (Fsp3) is 0.439. The molecule has 5 aromatic rings. The number of aromatic amines is 2. The molecule has 2 saturated heterocycles. The zero-order chi connectivity index (χ0) is 40.7. The zero-order valence-electron chi connectivity index (χ0n) is 33.5. The Labute approximate surface area is 329 Å². The van der Waals surface area contributed by atoms with Gasteiger partial charge in [-0.15, -0.1) is 0 Å². The summed E-state index contributed by atoms with van der Waals surface area (Å²) in [6, 6.07) is 16.6. The number of nitrogens with zero attached hydrogens (tertiary/aromatic N) is 5. The van der Waals surface area contributed by atoms with Crippen molar-refractivity contribution in [3.05, 3.63) is 67.4 Å². The maximum absolute atomic E-state index is 11.3. The number of amides is 4. The molecule has 4 amide bonds. The van der Waals surface area contributed by atoms with Gasteiger partial charge in [-0.25, -0.2) is 19.6 Å². The van der Waals surface area contributed by atoms with Crippen molar-refractivity contribution in [2.45, 2.75) is 66.2 Å². The molecule has 0 spiro atoms. The molecule has 0 radical (unpaired) electrons. The highest BCUT2D eigenvalue weighted by Gasteiger charge is 2.19. The van der Waals surface area contributed by atoms with Crippen LogP contribution in [0, 0.1) is 0 Å². The number of likely N-dealkylation sites (tertiary alicyclic amines) is 2. The van der Waals surface area contributed by atoms with E-state index in [1.54, 1.807) is 22.5 Å². The third kappa shape index (κ3) is 14.3. The summed E-state index contributed by atoms with van der Waals surface area (Å²) in [5.41, 5.74) is 8.22. The quantitative estimate of drug-likeness (QED) is 0.142. The molecule has 56 heavy (non-hydrogen) atoms. The van der Waals surface area contributed by atoms with Crippen LogP contribution in [0.2, 0.25) is 0 Å². The monoisotopic (exact) mass is 771 g/mol. The minimum atomic E-state index is -0.562. The molecular formula is C41H57N9O6. The van der Waals surface area contributed by atoms with Crippen LogP contribution in [0.4, 0.5) is 9.59 Å². The number of H-pyrrole nitrogens is 2. The minimum absolute atomic E-state index is 0.0344. The second kappa shape index (κ2) is 24.4. The molecule has 5 heterocycles. The number of carbonyl (C=O) groups excluding carboxylic acids is 4. The maximum Gasteiger partial charge on any atom is 0.407 e. The molecule has 0 atom stereocenters. The van der Waals surface area contributed by atoms with Gasteiger partial charge in [0.05, 0.1) is 60.8 Å². The van der Waals surface area contributed by atoms with Gasteiger partial charge in [0, 0.05) is 31.7 Å². The largest absolute Gasteiger partial charge is 0.453 e. The van der Waals surface area contributed by atoms with Gasteiger partial charge >= 0.3 is 12.2 Å². The Morgan fingerprint density at radius 1 is 0.607 bits per heavy atom. The molecule has 0 aliphatic carbocycles. The molecule has 0 unspecified atom stereocenters. The lowest BCUT2D eigenvalue weighted by molar-refractivity contribution is -0.129. The number of aromatic nitrogens is 5. The number of hydrogen-bond donors (Lipinski definition) is 4. The average Bonchev–Trinajstić information content (AvgIpc) is 4.07. The molecule has 2 aromatic carbocycles. The molecule has 4 N–H and O–H groups in total. The van der Waals surface area contributed by atoms with Crippen molar-refractivity contribution in [1.82, 2.24) is 45.4 Å². The van der Waals surface area contributed by atoms with Gasteiger partial charge in [-0.3, -0.25) is 14.6 Å². The highest BCUT2D eigenvalue weighted by atomic mass is 16.5. The first-order chi connectivity index (χ1) is 27.2. The minimum Gasteiger partial charge on any atom is -0.453 e. The Balaban J connectivity index is 0.000000225. The van der Waals surface area contributed by atoms with Crippen LogP contribution in [-0.4, -0.2) is 112 Å². The van der Waals surface area contributed by atoms with Crippen molar-refractivity contribution >= 4 is 46.1 Å². The Bertz CT molecular complexity index is 1790. The van der Waals surface area contributed by atoms with Crippen molar-refractivity contribution in [1.29, 1.82) is 0 Å². The van der Waals surface area contributed by atoms with E-state index in [2.05, 4.69) is 109 Å². The fourth-order valence-electron chi connectivity index (χ4n) is 5.54. The molecule has 2 aliphatic heterocycles. The van der Waals surface area contributed by atoms with E-state index in [1.807, 2.05) is 18.3 Å². The third-order valence-corrected chi connectivity index (χ3v) is 8.30. The van der Waals surface area contributed by atoms with E-state index in [0.717, 1.165) is 96.3 Å². The molecule has 15 nitrogen and oxygen atoms in total. The number of nitrogens with one attached hydrogen (secondary N) is 4. The smallest absolute Gasteiger partial charge is 0.407 e. The van der Waals surface area contributed by atoms with Crippen molar-refractivity contribution in [3.8, 4) is 22.4 Å². The van der Waals surface area contributed by atoms with Gasteiger partial charge in [-0.1, -0.05) is 70.9 Å². The third-order valence-electron chi connectivity index (χ3n) is 8.30. The van der Waals surface area contributed by atoms with Gasteiger partial charge in [-0.2, -0.15) is 0 Å². The standard InChI is InChI=1S/C19H13N5.2C8H14N2O3.2C3H8/c1-3-13(16-8-18-19(9-20-16)24-11-23-18)4-2-12(1)14-5-6-15-17(7-14)22-10-21-15;2*1-13-8(12)9-6-7(11)10-4-2-3-5-10;2*1-3-2/h1-11H,(H,21,22)(H,23,24);2*2-6H2,1H3,(H,9,12);2*3H2,1-2H3. The number of carbonyl (C=O) groups is 4. The Morgan fingerprint density at radius 2 is 1.05 bits per heavy atom. The van der Waals surface area contributed by atoms with Crippen molar-refractivity contribution in [2.75, 3.05) is 53.5 Å². The first-order valence-electron chi connectivity index (χ1n) is 19.2. The lowest BCUT2D eigenvalue weighted by atomic mass is 10.0. The van der Waals surface area contributed by atoms with Crippen molar-refractivity contribution in [2.24, 2.45) is 0 Å². The summed E-state index contributed by atoms with van der Waals surface area (Å²) in [6.45, 7) is 11.8. The van der Waals surface area contributed by atoms with E-state index >= 15 is 0 Å². The molecule has 0 saturated carbocycles. The zero-order valence-corrected chi connectivity index (χ0v) is 33.5. The summed E-state index contributed by atoms with van der Waals surface area (Å²) < 4.78 is 8.68. The van der Waals surface area contributed by atoms with Crippen LogP contribution in [0.1, 0.15) is 66.2 Å². The molecule has 3 aromatic heterocycles. The number of hydrogen-bond acceptors (Lipinski definition) is 9. The van der Waals surface area contributed by atoms with Crippen LogP contribution < -0.4 is 10.6 Å². The number of ether oxygens (including phenoxy) is 2. The summed E-state index contributed by atoms with van der Waals surface area (Å²) in [5, 5.41) is 4.71. The SMILES string of the molecule is CCC.CCC.COC(=O)NCC(=O)N1CCCC1.COC(=O)NCC(=O)N1CCCC1.c1nc2cc(-c3ccc(-c4ccc5nc[nH]c5c4)cc3)ncc2[nH]1. The molecule has 2 aliphatic rings. The van der Waals surface area contributed by atoms with E-state index < -0.39 is 12.2 Å². The number of methoxy groups -OCH3 is 2. The molecule has 2 fully saturated rings. The van der Waals surface area contributed by atoms with E-state index in [9.17, 15) is 19.2 Å².